The minimum atomic E-state index is -2.90. The van der Waals surface area contributed by atoms with Crippen LogP contribution in [0.25, 0.3) is 11.0 Å². The Hall–Kier alpha value is -1.90. The largest absolute Gasteiger partial charge is 0.451 e. The Morgan fingerprint density at radius 2 is 1.96 bits per heavy atom. The number of ether oxygens (including phenoxy) is 1. The standard InChI is InChI=1S/C20H26N2O5S/c1-2-26-13-17-16-5-3-4-6-18(16)27-19(17)20(23)22-10-8-21(9-11-22)15-7-12-28(24,25)14-15/h3-6,15H,2,7-14H2,1H3/t15-/m0/s1. The molecule has 7 nitrogen and oxygen atoms in total. The third kappa shape index (κ3) is 3.81. The fourth-order valence-corrected chi connectivity index (χ4v) is 5.88. The Morgan fingerprint density at radius 3 is 2.64 bits per heavy atom. The number of nitrogens with zero attached hydrogens (tertiary/aromatic N) is 2. The SMILES string of the molecule is CCOCc1c(C(=O)N2CCN([C@H]3CCS(=O)(=O)C3)CC2)oc2ccccc12. The summed E-state index contributed by atoms with van der Waals surface area (Å²) in [5.74, 6) is 0.746. The maximum Gasteiger partial charge on any atom is 0.290 e. The molecule has 2 aliphatic heterocycles. The maximum atomic E-state index is 13.1. The average molecular weight is 407 g/mol. The lowest BCUT2D eigenvalue weighted by Gasteiger charge is -2.37. The van der Waals surface area contributed by atoms with E-state index in [0.717, 1.165) is 10.9 Å². The molecule has 0 aliphatic carbocycles. The zero-order chi connectivity index (χ0) is 19.7. The molecule has 0 unspecified atom stereocenters. The maximum absolute atomic E-state index is 13.1. The summed E-state index contributed by atoms with van der Waals surface area (Å²) in [7, 11) is -2.90. The molecule has 0 spiro atoms. The van der Waals surface area contributed by atoms with Crippen LogP contribution in [0.4, 0.5) is 0 Å². The lowest BCUT2D eigenvalue weighted by Crippen LogP contribution is -2.52. The molecule has 0 radical (unpaired) electrons. The Balaban J connectivity index is 1.48. The van der Waals surface area contributed by atoms with Crippen LogP contribution in [0.2, 0.25) is 0 Å². The van der Waals surface area contributed by atoms with Crippen molar-refractivity contribution in [3.63, 3.8) is 0 Å². The van der Waals surface area contributed by atoms with Crippen molar-refractivity contribution in [3.05, 3.63) is 35.6 Å². The number of carbonyl (C=O) groups is 1. The van der Waals surface area contributed by atoms with Gasteiger partial charge >= 0.3 is 0 Å². The number of hydrogen-bond donors (Lipinski definition) is 0. The first-order valence-electron chi connectivity index (χ1n) is 9.80. The van der Waals surface area contributed by atoms with Gasteiger partial charge in [-0.2, -0.15) is 0 Å². The van der Waals surface area contributed by atoms with Crippen LogP contribution in [0.1, 0.15) is 29.5 Å². The number of benzene rings is 1. The van der Waals surface area contributed by atoms with E-state index in [1.54, 1.807) is 4.90 Å². The van der Waals surface area contributed by atoms with Crippen molar-refractivity contribution in [1.29, 1.82) is 0 Å². The van der Waals surface area contributed by atoms with E-state index in [-0.39, 0.29) is 23.5 Å². The van der Waals surface area contributed by atoms with Gasteiger partial charge in [-0.05, 0) is 19.4 Å². The van der Waals surface area contributed by atoms with E-state index in [1.807, 2.05) is 31.2 Å². The normalized spacial score (nSPS) is 22.8. The molecule has 4 rings (SSSR count). The molecule has 2 fully saturated rings. The lowest BCUT2D eigenvalue weighted by molar-refractivity contribution is 0.0553. The highest BCUT2D eigenvalue weighted by atomic mass is 32.2. The first-order valence-corrected chi connectivity index (χ1v) is 11.6. The Morgan fingerprint density at radius 1 is 1.21 bits per heavy atom. The van der Waals surface area contributed by atoms with Gasteiger partial charge in [0.25, 0.3) is 5.91 Å². The van der Waals surface area contributed by atoms with E-state index in [9.17, 15) is 13.2 Å². The molecule has 2 saturated heterocycles. The van der Waals surface area contributed by atoms with E-state index in [4.69, 9.17) is 9.15 Å². The van der Waals surface area contributed by atoms with Gasteiger partial charge in [-0.25, -0.2) is 8.42 Å². The van der Waals surface area contributed by atoms with Crippen LogP contribution in [0.15, 0.2) is 28.7 Å². The van der Waals surface area contributed by atoms with Gasteiger partial charge in [0, 0.05) is 49.8 Å². The fourth-order valence-electron chi connectivity index (χ4n) is 4.12. The summed E-state index contributed by atoms with van der Waals surface area (Å²) < 4.78 is 34.9. The molecule has 1 amide bonds. The molecule has 2 aromatic rings. The monoisotopic (exact) mass is 406 g/mol. The number of hydrogen-bond acceptors (Lipinski definition) is 6. The van der Waals surface area contributed by atoms with E-state index in [0.29, 0.717) is 57.2 Å². The number of rotatable bonds is 5. The van der Waals surface area contributed by atoms with Gasteiger partial charge in [0.05, 0.1) is 18.1 Å². The molecule has 0 bridgehead atoms. The van der Waals surface area contributed by atoms with Crippen LogP contribution in [-0.2, 0) is 21.2 Å². The Bertz CT molecular complexity index is 960. The van der Waals surface area contributed by atoms with Gasteiger partial charge in [0.15, 0.2) is 15.6 Å². The highest BCUT2D eigenvalue weighted by Crippen LogP contribution is 2.28. The third-order valence-corrected chi connectivity index (χ3v) is 7.42. The number of piperazine rings is 1. The van der Waals surface area contributed by atoms with Crippen molar-refractivity contribution >= 4 is 26.7 Å². The van der Waals surface area contributed by atoms with Gasteiger partial charge in [-0.15, -0.1) is 0 Å². The summed E-state index contributed by atoms with van der Waals surface area (Å²) in [5.41, 5.74) is 1.49. The van der Waals surface area contributed by atoms with Crippen LogP contribution >= 0.6 is 0 Å². The van der Waals surface area contributed by atoms with Crippen LogP contribution in [0, 0.1) is 0 Å². The van der Waals surface area contributed by atoms with Crippen LogP contribution in [0.5, 0.6) is 0 Å². The smallest absolute Gasteiger partial charge is 0.290 e. The number of amides is 1. The van der Waals surface area contributed by atoms with E-state index in [2.05, 4.69) is 4.90 Å². The lowest BCUT2D eigenvalue weighted by atomic mass is 10.1. The number of para-hydroxylation sites is 1. The van der Waals surface area contributed by atoms with E-state index >= 15 is 0 Å². The fraction of sp³-hybridized carbons (Fsp3) is 0.550. The second-order valence-corrected chi connectivity index (χ2v) is 9.66. The van der Waals surface area contributed by atoms with Gasteiger partial charge in [-0.1, -0.05) is 18.2 Å². The van der Waals surface area contributed by atoms with Crippen molar-refractivity contribution in [2.24, 2.45) is 0 Å². The number of furan rings is 1. The second kappa shape index (κ2) is 7.85. The van der Waals surface area contributed by atoms with Crippen molar-refractivity contribution in [1.82, 2.24) is 9.80 Å². The summed E-state index contributed by atoms with van der Waals surface area (Å²) in [5, 5.41) is 0.911. The number of sulfone groups is 1. The van der Waals surface area contributed by atoms with Crippen molar-refractivity contribution in [3.8, 4) is 0 Å². The van der Waals surface area contributed by atoms with E-state index in [1.165, 1.54) is 0 Å². The molecular weight excluding hydrogens is 380 g/mol. The third-order valence-electron chi connectivity index (χ3n) is 5.67. The quantitative estimate of drug-likeness (QED) is 0.755. The first kappa shape index (κ1) is 19.4. The van der Waals surface area contributed by atoms with Crippen molar-refractivity contribution in [2.45, 2.75) is 26.0 Å². The molecule has 1 atom stereocenters. The van der Waals surface area contributed by atoms with Crippen molar-refractivity contribution < 1.29 is 22.4 Å². The summed E-state index contributed by atoms with van der Waals surface area (Å²) in [4.78, 5) is 17.1. The average Bonchev–Trinajstić information content (AvgIpc) is 3.26. The van der Waals surface area contributed by atoms with Gasteiger partial charge < -0.3 is 14.1 Å². The molecule has 8 heteroatoms. The first-order chi connectivity index (χ1) is 13.5. The Kier molecular flexibility index (Phi) is 5.44. The van der Waals surface area contributed by atoms with E-state index < -0.39 is 9.84 Å². The molecule has 0 N–H and O–H groups in total. The van der Waals surface area contributed by atoms with Crippen LogP contribution < -0.4 is 0 Å². The zero-order valence-corrected chi connectivity index (χ0v) is 16.9. The highest BCUT2D eigenvalue weighted by Gasteiger charge is 2.35. The summed E-state index contributed by atoms with van der Waals surface area (Å²) in [6.45, 7) is 5.34. The summed E-state index contributed by atoms with van der Waals surface area (Å²) >= 11 is 0. The topological polar surface area (TPSA) is 80.1 Å². The molecular formula is C20H26N2O5S. The summed E-state index contributed by atoms with van der Waals surface area (Å²) in [6.07, 6.45) is 0.693. The minimum Gasteiger partial charge on any atom is -0.451 e. The van der Waals surface area contributed by atoms with Crippen LogP contribution in [0.3, 0.4) is 0 Å². The predicted octanol–water partition coefficient (Wildman–Crippen LogP) is 1.91. The van der Waals surface area contributed by atoms with Crippen molar-refractivity contribution in [2.75, 3.05) is 44.3 Å². The summed E-state index contributed by atoms with van der Waals surface area (Å²) in [6, 6.07) is 7.71. The molecule has 3 heterocycles. The van der Waals surface area contributed by atoms with Gasteiger partial charge in [0.2, 0.25) is 0 Å². The minimum absolute atomic E-state index is 0.0852. The molecule has 2 aliphatic rings. The van der Waals surface area contributed by atoms with Gasteiger partial charge in [-0.3, -0.25) is 9.69 Å². The molecule has 0 saturated carbocycles. The molecule has 28 heavy (non-hydrogen) atoms. The number of fused-ring (bicyclic) bond motifs is 1. The number of carbonyl (C=O) groups excluding carboxylic acids is 1. The Labute approximate surface area is 165 Å². The highest BCUT2D eigenvalue weighted by molar-refractivity contribution is 7.91. The second-order valence-electron chi connectivity index (χ2n) is 7.43. The molecule has 1 aromatic heterocycles. The van der Waals surface area contributed by atoms with Gasteiger partial charge in [0.1, 0.15) is 5.58 Å². The zero-order valence-electron chi connectivity index (χ0n) is 16.1. The molecule has 1 aromatic carbocycles. The predicted molar refractivity (Wildman–Crippen MR) is 106 cm³/mol. The molecule has 152 valence electrons. The van der Waals surface area contributed by atoms with Crippen LogP contribution in [-0.4, -0.2) is 74.5 Å².